The van der Waals surface area contributed by atoms with Gasteiger partial charge in [-0.05, 0) is 5.21 Å². The first-order valence-corrected chi connectivity index (χ1v) is 7.83. The van der Waals surface area contributed by atoms with E-state index in [0.29, 0.717) is 18.8 Å². The molecule has 1 saturated heterocycles. The molecule has 1 atom stereocenters. The summed E-state index contributed by atoms with van der Waals surface area (Å²) in [6.07, 6.45) is 4.21. The van der Waals surface area contributed by atoms with Gasteiger partial charge in [0.1, 0.15) is 5.82 Å². The van der Waals surface area contributed by atoms with Crippen LogP contribution < -0.4 is 0 Å². The van der Waals surface area contributed by atoms with Gasteiger partial charge in [-0.15, -0.1) is 10.2 Å². The van der Waals surface area contributed by atoms with Crippen molar-refractivity contribution in [2.45, 2.75) is 12.5 Å². The topological polar surface area (TPSA) is 130 Å². The summed E-state index contributed by atoms with van der Waals surface area (Å²) in [5.41, 5.74) is 1.88. The number of rotatable bonds is 3. The van der Waals surface area contributed by atoms with Crippen LogP contribution in [0, 0.1) is 0 Å². The number of imidazole rings is 1. The Morgan fingerprint density at radius 1 is 1.27 bits per heavy atom. The standard InChI is InChI=1S/C15H15N7O.CH2O2/c1-21-9-12(8-13(21)23)22-7-6-16-15(22)11-4-2-10(3-5-11)14-17-19-20-18-14;2-1-3/h2-7,12H,8-9H2,1H3,(H,17,18,19,20);1H,(H,2,3). The van der Waals surface area contributed by atoms with Crippen molar-refractivity contribution >= 4 is 12.4 Å². The Kier molecular flexibility index (Phi) is 5.02. The fraction of sp³-hybridized carbons (Fsp3) is 0.250. The summed E-state index contributed by atoms with van der Waals surface area (Å²) in [6.45, 7) is 0.461. The van der Waals surface area contributed by atoms with Crippen LogP contribution in [0.15, 0.2) is 36.7 Å². The summed E-state index contributed by atoms with van der Waals surface area (Å²) < 4.78 is 2.07. The van der Waals surface area contributed by atoms with Gasteiger partial charge >= 0.3 is 0 Å². The fourth-order valence-corrected chi connectivity index (χ4v) is 2.91. The number of carbonyl (C=O) groups excluding carboxylic acids is 1. The van der Waals surface area contributed by atoms with Crippen LogP contribution in [0.5, 0.6) is 0 Å². The number of carboxylic acid groups (broad SMARTS) is 1. The highest BCUT2D eigenvalue weighted by Crippen LogP contribution is 2.28. The average Bonchev–Trinajstić information content (AvgIpc) is 3.38. The summed E-state index contributed by atoms with van der Waals surface area (Å²) in [6, 6.07) is 7.95. The second kappa shape index (κ2) is 7.55. The minimum Gasteiger partial charge on any atom is -0.483 e. The molecule has 0 saturated carbocycles. The smallest absolute Gasteiger partial charge is 0.290 e. The van der Waals surface area contributed by atoms with Crippen LogP contribution in [0.3, 0.4) is 0 Å². The maximum absolute atomic E-state index is 11.8. The van der Waals surface area contributed by atoms with Crippen LogP contribution in [0.2, 0.25) is 0 Å². The molecule has 10 heteroatoms. The summed E-state index contributed by atoms with van der Waals surface area (Å²) in [7, 11) is 1.83. The van der Waals surface area contributed by atoms with Gasteiger partial charge in [-0.25, -0.2) is 4.98 Å². The number of nitrogens with one attached hydrogen (secondary N) is 1. The van der Waals surface area contributed by atoms with Gasteiger partial charge in [0.2, 0.25) is 11.7 Å². The molecule has 1 fully saturated rings. The number of H-pyrrole nitrogens is 1. The first-order valence-electron chi connectivity index (χ1n) is 7.83. The van der Waals surface area contributed by atoms with E-state index >= 15 is 0 Å². The molecular weight excluding hydrogens is 338 g/mol. The molecule has 0 bridgehead atoms. The molecule has 1 aliphatic rings. The van der Waals surface area contributed by atoms with E-state index in [1.54, 1.807) is 11.1 Å². The van der Waals surface area contributed by atoms with E-state index in [0.717, 1.165) is 17.0 Å². The van der Waals surface area contributed by atoms with Crippen molar-refractivity contribution in [3.63, 3.8) is 0 Å². The highest BCUT2D eigenvalue weighted by atomic mass is 16.3. The summed E-state index contributed by atoms with van der Waals surface area (Å²) in [5, 5.41) is 20.8. The van der Waals surface area contributed by atoms with Crippen molar-refractivity contribution in [1.29, 1.82) is 0 Å². The van der Waals surface area contributed by atoms with Crippen LogP contribution >= 0.6 is 0 Å². The molecule has 1 aromatic carbocycles. The molecule has 1 aliphatic heterocycles. The molecular formula is C16H17N7O3. The normalized spacial score (nSPS) is 16.3. The first-order chi connectivity index (χ1) is 12.6. The van der Waals surface area contributed by atoms with Crippen LogP contribution in [0.25, 0.3) is 22.8 Å². The van der Waals surface area contributed by atoms with Crippen LogP contribution in [0.1, 0.15) is 12.5 Å². The minimum atomic E-state index is -0.250. The van der Waals surface area contributed by atoms with E-state index in [4.69, 9.17) is 9.90 Å². The highest BCUT2D eigenvalue weighted by molar-refractivity contribution is 5.78. The molecule has 1 amide bonds. The summed E-state index contributed by atoms with van der Waals surface area (Å²) >= 11 is 0. The quantitative estimate of drug-likeness (QED) is 0.666. The van der Waals surface area contributed by atoms with Gasteiger partial charge in [-0.2, -0.15) is 5.21 Å². The van der Waals surface area contributed by atoms with Gasteiger partial charge in [-0.1, -0.05) is 24.3 Å². The number of likely N-dealkylation sites (tertiary alicyclic amines) is 1. The number of aromatic amines is 1. The van der Waals surface area contributed by atoms with Crippen molar-refractivity contribution in [2.75, 3.05) is 13.6 Å². The molecule has 3 aromatic rings. The molecule has 2 N–H and O–H groups in total. The van der Waals surface area contributed by atoms with Gasteiger partial charge in [0, 0.05) is 43.5 Å². The van der Waals surface area contributed by atoms with E-state index < -0.39 is 0 Å². The fourth-order valence-electron chi connectivity index (χ4n) is 2.91. The highest BCUT2D eigenvalue weighted by Gasteiger charge is 2.29. The summed E-state index contributed by atoms with van der Waals surface area (Å²) in [5.74, 6) is 1.59. The molecule has 4 rings (SSSR count). The van der Waals surface area contributed by atoms with Gasteiger partial charge < -0.3 is 14.6 Å². The second-order valence-electron chi connectivity index (χ2n) is 5.71. The Bertz CT molecular complexity index is 874. The number of carbonyl (C=O) groups is 2. The molecule has 0 radical (unpaired) electrons. The van der Waals surface area contributed by atoms with Crippen molar-refractivity contribution in [3.8, 4) is 22.8 Å². The third kappa shape index (κ3) is 3.43. The lowest BCUT2D eigenvalue weighted by Crippen LogP contribution is -2.19. The molecule has 26 heavy (non-hydrogen) atoms. The Balaban J connectivity index is 0.000000613. The first kappa shape index (κ1) is 17.3. The van der Waals surface area contributed by atoms with Crippen LogP contribution in [-0.2, 0) is 9.59 Å². The second-order valence-corrected chi connectivity index (χ2v) is 5.71. The van der Waals surface area contributed by atoms with Crippen molar-refractivity contribution in [3.05, 3.63) is 36.7 Å². The number of amides is 1. The number of nitrogens with zero attached hydrogens (tertiary/aromatic N) is 6. The van der Waals surface area contributed by atoms with Crippen LogP contribution in [-0.4, -0.2) is 66.2 Å². The van der Waals surface area contributed by atoms with Crippen LogP contribution in [0.4, 0.5) is 0 Å². The monoisotopic (exact) mass is 355 g/mol. The molecule has 3 heterocycles. The molecule has 10 nitrogen and oxygen atoms in total. The molecule has 134 valence electrons. The average molecular weight is 355 g/mol. The zero-order chi connectivity index (χ0) is 18.5. The predicted octanol–water partition coefficient (Wildman–Crippen LogP) is 0.834. The number of benzene rings is 1. The van der Waals surface area contributed by atoms with Gasteiger partial charge in [0.05, 0.1) is 6.04 Å². The largest absolute Gasteiger partial charge is 0.483 e. The number of aromatic nitrogens is 6. The number of hydrogen-bond acceptors (Lipinski definition) is 6. The Hall–Kier alpha value is -3.56. The van der Waals surface area contributed by atoms with Gasteiger partial charge in [-0.3, -0.25) is 9.59 Å². The number of tetrazole rings is 1. The third-order valence-electron chi connectivity index (χ3n) is 4.13. The van der Waals surface area contributed by atoms with Crippen molar-refractivity contribution in [2.24, 2.45) is 0 Å². The van der Waals surface area contributed by atoms with E-state index in [9.17, 15) is 4.79 Å². The Morgan fingerprint density at radius 2 is 1.96 bits per heavy atom. The van der Waals surface area contributed by atoms with E-state index in [1.165, 1.54) is 0 Å². The minimum absolute atomic E-state index is 0.127. The SMILES string of the molecule is CN1CC(n2ccnc2-c2ccc(-c3nn[nH]n3)cc2)CC1=O.O=CO. The molecule has 0 spiro atoms. The lowest BCUT2D eigenvalue weighted by atomic mass is 10.1. The molecule has 2 aromatic heterocycles. The van der Waals surface area contributed by atoms with Crippen molar-refractivity contribution < 1.29 is 14.7 Å². The van der Waals surface area contributed by atoms with E-state index in [-0.39, 0.29) is 18.4 Å². The number of likely N-dealkylation sites (N-methyl/N-ethyl adjacent to an activating group) is 1. The zero-order valence-corrected chi connectivity index (χ0v) is 14.0. The predicted molar refractivity (Wildman–Crippen MR) is 90.8 cm³/mol. The maximum Gasteiger partial charge on any atom is 0.290 e. The van der Waals surface area contributed by atoms with E-state index in [1.807, 2.05) is 37.5 Å². The Morgan fingerprint density at radius 3 is 2.54 bits per heavy atom. The van der Waals surface area contributed by atoms with Gasteiger partial charge in [0.25, 0.3) is 6.47 Å². The lowest BCUT2D eigenvalue weighted by Gasteiger charge is -2.15. The molecule has 0 aliphatic carbocycles. The zero-order valence-electron chi connectivity index (χ0n) is 14.0. The lowest BCUT2D eigenvalue weighted by molar-refractivity contribution is -0.126. The van der Waals surface area contributed by atoms with Gasteiger partial charge in [0.15, 0.2) is 0 Å². The number of hydrogen-bond donors (Lipinski definition) is 2. The molecule has 1 unspecified atom stereocenters. The third-order valence-corrected chi connectivity index (χ3v) is 4.13. The maximum atomic E-state index is 11.8. The summed E-state index contributed by atoms with van der Waals surface area (Å²) in [4.78, 5) is 26.3. The van der Waals surface area contributed by atoms with E-state index in [2.05, 4.69) is 30.2 Å². The van der Waals surface area contributed by atoms with Crippen molar-refractivity contribution in [1.82, 2.24) is 35.1 Å². The Labute approximate surface area is 148 Å².